The van der Waals surface area contributed by atoms with Gasteiger partial charge in [0.05, 0.1) is 0 Å². The molecule has 0 aliphatic heterocycles. The maximum absolute atomic E-state index is 12.8. The number of carbonyl (C=O) groups is 2. The Morgan fingerprint density at radius 3 is 2.40 bits per heavy atom. The highest BCUT2D eigenvalue weighted by Gasteiger charge is 2.15. The number of rotatable bonds is 5. The number of ether oxygens (including phenoxy) is 1. The lowest BCUT2D eigenvalue weighted by molar-refractivity contribution is -0.118. The molecule has 0 atom stereocenters. The number of anilines is 1. The van der Waals surface area contributed by atoms with Crippen molar-refractivity contribution in [1.29, 1.82) is 0 Å². The van der Waals surface area contributed by atoms with E-state index in [0.29, 0.717) is 17.0 Å². The van der Waals surface area contributed by atoms with Crippen LogP contribution in [0.4, 0.5) is 10.1 Å². The Balaban J connectivity index is 1.93. The molecule has 0 aromatic heterocycles. The summed E-state index contributed by atoms with van der Waals surface area (Å²) < 4.78 is 18.1. The van der Waals surface area contributed by atoms with Crippen molar-refractivity contribution in [3.63, 3.8) is 0 Å². The Kier molecular flexibility index (Phi) is 5.75. The van der Waals surface area contributed by atoms with E-state index in [2.05, 4.69) is 10.6 Å². The van der Waals surface area contributed by atoms with Crippen LogP contribution >= 0.6 is 0 Å². The molecular weight excluding hydrogens is 323 g/mol. The number of hydrogen-bond donors (Lipinski definition) is 2. The second-order valence-electron chi connectivity index (χ2n) is 6.58. The van der Waals surface area contributed by atoms with Gasteiger partial charge in [-0.15, -0.1) is 0 Å². The smallest absolute Gasteiger partial charge is 0.262 e. The molecular formula is C19H21FN2O3. The predicted molar refractivity (Wildman–Crippen MR) is 94.2 cm³/mol. The number of hydrogen-bond acceptors (Lipinski definition) is 3. The Hall–Kier alpha value is -2.89. The van der Waals surface area contributed by atoms with Crippen molar-refractivity contribution in [2.45, 2.75) is 26.3 Å². The molecule has 0 fully saturated rings. The van der Waals surface area contributed by atoms with Gasteiger partial charge in [0, 0.05) is 16.8 Å². The van der Waals surface area contributed by atoms with Crippen LogP contribution in [-0.2, 0) is 4.79 Å². The zero-order valence-electron chi connectivity index (χ0n) is 14.4. The fourth-order valence-electron chi connectivity index (χ4n) is 2.03. The minimum absolute atomic E-state index is 0.217. The Morgan fingerprint density at radius 2 is 1.76 bits per heavy atom. The van der Waals surface area contributed by atoms with E-state index in [4.69, 9.17) is 4.74 Å². The molecule has 0 saturated carbocycles. The fraction of sp³-hybridized carbons (Fsp3) is 0.263. The maximum Gasteiger partial charge on any atom is 0.262 e. The van der Waals surface area contributed by atoms with Crippen molar-refractivity contribution in [2.75, 3.05) is 11.9 Å². The number of halogens is 1. The third kappa shape index (κ3) is 6.25. The quantitative estimate of drug-likeness (QED) is 0.874. The first-order chi connectivity index (χ1) is 11.7. The molecule has 2 N–H and O–H groups in total. The fourth-order valence-corrected chi connectivity index (χ4v) is 2.03. The van der Waals surface area contributed by atoms with Crippen LogP contribution in [0, 0.1) is 5.82 Å². The molecule has 0 saturated heterocycles. The van der Waals surface area contributed by atoms with Crippen LogP contribution in [-0.4, -0.2) is 24.0 Å². The van der Waals surface area contributed by atoms with Gasteiger partial charge in [-0.1, -0.05) is 6.07 Å². The summed E-state index contributed by atoms with van der Waals surface area (Å²) in [5, 5.41) is 5.52. The van der Waals surface area contributed by atoms with Crippen molar-refractivity contribution >= 4 is 17.5 Å². The van der Waals surface area contributed by atoms with Gasteiger partial charge in [-0.3, -0.25) is 9.59 Å². The van der Waals surface area contributed by atoms with Crippen molar-refractivity contribution in [1.82, 2.24) is 5.32 Å². The summed E-state index contributed by atoms with van der Waals surface area (Å²) in [5.74, 6) is -0.569. The van der Waals surface area contributed by atoms with Crippen molar-refractivity contribution < 1.29 is 18.7 Å². The highest BCUT2D eigenvalue weighted by Crippen LogP contribution is 2.13. The molecule has 0 bridgehead atoms. The third-order valence-electron chi connectivity index (χ3n) is 3.08. The average Bonchev–Trinajstić information content (AvgIpc) is 2.53. The maximum atomic E-state index is 12.8. The number of carbonyl (C=O) groups excluding carboxylic acids is 2. The van der Waals surface area contributed by atoms with E-state index in [9.17, 15) is 14.0 Å². The van der Waals surface area contributed by atoms with Crippen LogP contribution in [0.2, 0.25) is 0 Å². The van der Waals surface area contributed by atoms with Crippen LogP contribution in [0.15, 0.2) is 48.5 Å². The lowest BCUT2D eigenvalue weighted by Crippen LogP contribution is -2.40. The van der Waals surface area contributed by atoms with E-state index in [1.807, 2.05) is 20.8 Å². The molecule has 6 heteroatoms. The highest BCUT2D eigenvalue weighted by atomic mass is 19.1. The van der Waals surface area contributed by atoms with Gasteiger partial charge in [-0.2, -0.15) is 0 Å². The summed E-state index contributed by atoms with van der Waals surface area (Å²) in [4.78, 5) is 24.1. The second kappa shape index (κ2) is 7.79. The summed E-state index contributed by atoms with van der Waals surface area (Å²) in [6.45, 7) is 5.46. The van der Waals surface area contributed by atoms with E-state index < -0.39 is 0 Å². The van der Waals surface area contributed by atoms with E-state index in [1.165, 1.54) is 24.3 Å². The molecule has 0 spiro atoms. The molecule has 0 unspecified atom stereocenters. The summed E-state index contributed by atoms with van der Waals surface area (Å²) in [7, 11) is 0. The molecule has 132 valence electrons. The molecule has 0 aliphatic rings. The number of benzene rings is 2. The third-order valence-corrected chi connectivity index (χ3v) is 3.08. The molecule has 0 aliphatic carbocycles. The largest absolute Gasteiger partial charge is 0.484 e. The molecule has 0 heterocycles. The van der Waals surface area contributed by atoms with Gasteiger partial charge in [-0.05, 0) is 63.2 Å². The first-order valence-electron chi connectivity index (χ1n) is 7.84. The molecule has 0 radical (unpaired) electrons. The van der Waals surface area contributed by atoms with Gasteiger partial charge >= 0.3 is 0 Å². The Bertz CT molecular complexity index is 752. The van der Waals surface area contributed by atoms with Crippen LogP contribution in [0.1, 0.15) is 31.1 Å². The van der Waals surface area contributed by atoms with Crippen LogP contribution in [0.5, 0.6) is 5.75 Å². The van der Waals surface area contributed by atoms with Crippen molar-refractivity contribution in [3.8, 4) is 5.75 Å². The first kappa shape index (κ1) is 18.4. The van der Waals surface area contributed by atoms with E-state index in [1.54, 1.807) is 24.3 Å². The van der Waals surface area contributed by atoms with Gasteiger partial charge in [0.15, 0.2) is 6.61 Å². The lowest BCUT2D eigenvalue weighted by Gasteiger charge is -2.20. The molecule has 25 heavy (non-hydrogen) atoms. The van der Waals surface area contributed by atoms with Gasteiger partial charge < -0.3 is 15.4 Å². The zero-order valence-corrected chi connectivity index (χ0v) is 14.4. The molecule has 2 rings (SSSR count). The van der Waals surface area contributed by atoms with Crippen LogP contribution < -0.4 is 15.4 Å². The second-order valence-corrected chi connectivity index (χ2v) is 6.58. The monoisotopic (exact) mass is 344 g/mol. The number of nitrogens with one attached hydrogen (secondary N) is 2. The molecule has 2 aromatic rings. The number of amides is 2. The van der Waals surface area contributed by atoms with Crippen LogP contribution in [0.25, 0.3) is 0 Å². The summed E-state index contributed by atoms with van der Waals surface area (Å²) in [5.41, 5.74) is 0.598. The minimum Gasteiger partial charge on any atom is -0.484 e. The van der Waals surface area contributed by atoms with Crippen LogP contribution in [0.3, 0.4) is 0 Å². The molecule has 2 amide bonds. The molecule has 5 nitrogen and oxygen atoms in total. The Labute approximate surface area is 146 Å². The van der Waals surface area contributed by atoms with Gasteiger partial charge in [0.2, 0.25) is 0 Å². The van der Waals surface area contributed by atoms with Crippen molar-refractivity contribution in [2.24, 2.45) is 0 Å². The van der Waals surface area contributed by atoms with Gasteiger partial charge in [-0.25, -0.2) is 4.39 Å². The van der Waals surface area contributed by atoms with Crippen molar-refractivity contribution in [3.05, 3.63) is 59.9 Å². The van der Waals surface area contributed by atoms with Gasteiger partial charge in [0.25, 0.3) is 11.8 Å². The highest BCUT2D eigenvalue weighted by molar-refractivity contribution is 5.97. The predicted octanol–water partition coefficient (Wildman–Crippen LogP) is 3.37. The lowest BCUT2D eigenvalue weighted by atomic mass is 10.1. The average molecular weight is 344 g/mol. The van der Waals surface area contributed by atoms with E-state index in [-0.39, 0.29) is 29.8 Å². The molecule has 2 aromatic carbocycles. The zero-order chi connectivity index (χ0) is 18.4. The minimum atomic E-state index is -0.377. The van der Waals surface area contributed by atoms with Gasteiger partial charge in [0.1, 0.15) is 11.6 Å². The first-order valence-corrected chi connectivity index (χ1v) is 7.84. The SMILES string of the molecule is CC(C)(C)NC(=O)c1cccc(NC(=O)COc2ccc(F)cc2)c1. The summed E-state index contributed by atoms with van der Waals surface area (Å²) in [6, 6.07) is 12.0. The summed E-state index contributed by atoms with van der Waals surface area (Å²) in [6.07, 6.45) is 0. The standard InChI is InChI=1S/C19H21FN2O3/c1-19(2,3)22-18(24)13-5-4-6-15(11-13)21-17(23)12-25-16-9-7-14(20)8-10-16/h4-11H,12H2,1-3H3,(H,21,23)(H,22,24). The van der Waals surface area contributed by atoms with E-state index in [0.717, 1.165) is 0 Å². The van der Waals surface area contributed by atoms with E-state index >= 15 is 0 Å². The Morgan fingerprint density at radius 1 is 1.08 bits per heavy atom. The normalized spacial score (nSPS) is 10.9. The summed E-state index contributed by atoms with van der Waals surface area (Å²) >= 11 is 0. The topological polar surface area (TPSA) is 67.4 Å².